The molecule has 0 aliphatic heterocycles. The average molecular weight is 290 g/mol. The van der Waals surface area contributed by atoms with E-state index in [-0.39, 0.29) is 11.9 Å². The fourth-order valence-corrected chi connectivity index (χ4v) is 2.86. The molecule has 0 radical (unpaired) electrons. The van der Waals surface area contributed by atoms with Gasteiger partial charge in [0.1, 0.15) is 11.1 Å². The first kappa shape index (κ1) is 13.3. The summed E-state index contributed by atoms with van der Waals surface area (Å²) in [5.74, 6) is 0.823. The largest absolute Gasteiger partial charge is 0.469 e. The number of halogens is 1. The van der Waals surface area contributed by atoms with Crippen LogP contribution in [0.5, 0.6) is 0 Å². The highest BCUT2D eigenvalue weighted by atomic mass is 35.5. The average Bonchev–Trinajstić information content (AvgIpc) is 2.97. The normalized spacial score (nSPS) is 19.1. The molecule has 0 saturated carbocycles. The summed E-state index contributed by atoms with van der Waals surface area (Å²) >= 11 is 6.24. The lowest BCUT2D eigenvalue weighted by Crippen LogP contribution is -2.32. The third-order valence-corrected chi connectivity index (χ3v) is 4.14. The van der Waals surface area contributed by atoms with Gasteiger partial charge in [0.2, 0.25) is 5.91 Å². The molecule has 0 spiro atoms. The van der Waals surface area contributed by atoms with Crippen molar-refractivity contribution in [2.45, 2.75) is 30.7 Å². The van der Waals surface area contributed by atoms with Gasteiger partial charge in [-0.15, -0.1) is 11.6 Å². The van der Waals surface area contributed by atoms with Gasteiger partial charge in [0.15, 0.2) is 0 Å². The van der Waals surface area contributed by atoms with Crippen LogP contribution in [0, 0.1) is 0 Å². The summed E-state index contributed by atoms with van der Waals surface area (Å²) in [6, 6.07) is 11.3. The molecule has 0 saturated heterocycles. The SMILES string of the molecule is O=C(NC1CCCc2occc21)C(Cl)c1ccccc1. The number of fused-ring (bicyclic) bond motifs is 1. The molecule has 1 amide bonds. The molecule has 3 rings (SSSR count). The molecule has 2 atom stereocenters. The summed E-state index contributed by atoms with van der Waals surface area (Å²) in [7, 11) is 0. The maximum atomic E-state index is 12.3. The number of aryl methyl sites for hydroxylation is 1. The Balaban J connectivity index is 1.72. The molecular weight excluding hydrogens is 274 g/mol. The maximum Gasteiger partial charge on any atom is 0.243 e. The topological polar surface area (TPSA) is 42.2 Å². The van der Waals surface area contributed by atoms with Gasteiger partial charge in [0.05, 0.1) is 12.3 Å². The van der Waals surface area contributed by atoms with Crippen LogP contribution in [0.4, 0.5) is 0 Å². The predicted octanol–water partition coefficient (Wildman–Crippen LogP) is 3.75. The molecule has 2 aromatic rings. The standard InChI is InChI=1S/C16H16ClNO2/c17-15(11-5-2-1-3-6-11)16(19)18-13-7-4-8-14-12(13)9-10-20-14/h1-3,5-6,9-10,13,15H,4,7-8H2,(H,18,19). The van der Waals surface area contributed by atoms with Crippen molar-refractivity contribution in [3.05, 3.63) is 59.5 Å². The first-order valence-electron chi connectivity index (χ1n) is 6.81. The van der Waals surface area contributed by atoms with E-state index < -0.39 is 5.38 Å². The Morgan fingerprint density at radius 2 is 2.10 bits per heavy atom. The second kappa shape index (κ2) is 5.71. The summed E-state index contributed by atoms with van der Waals surface area (Å²) < 4.78 is 5.43. The summed E-state index contributed by atoms with van der Waals surface area (Å²) in [6.45, 7) is 0. The minimum atomic E-state index is -0.659. The molecule has 0 fully saturated rings. The first-order chi connectivity index (χ1) is 9.75. The van der Waals surface area contributed by atoms with E-state index in [1.165, 1.54) is 0 Å². The minimum absolute atomic E-state index is 0.00922. The summed E-state index contributed by atoms with van der Waals surface area (Å²) in [5, 5.41) is 2.37. The highest BCUT2D eigenvalue weighted by Gasteiger charge is 2.26. The fourth-order valence-electron chi connectivity index (χ4n) is 2.65. The number of benzene rings is 1. The second-order valence-corrected chi connectivity index (χ2v) is 5.46. The zero-order valence-electron chi connectivity index (χ0n) is 11.0. The number of hydrogen-bond acceptors (Lipinski definition) is 2. The van der Waals surface area contributed by atoms with Crippen LogP contribution in [0.3, 0.4) is 0 Å². The molecule has 1 aliphatic rings. The van der Waals surface area contributed by atoms with Crippen molar-refractivity contribution in [2.24, 2.45) is 0 Å². The number of carbonyl (C=O) groups is 1. The van der Waals surface area contributed by atoms with E-state index in [9.17, 15) is 4.79 Å². The van der Waals surface area contributed by atoms with Gasteiger partial charge in [0.25, 0.3) is 0 Å². The van der Waals surface area contributed by atoms with Crippen LogP contribution < -0.4 is 5.32 Å². The molecule has 2 unspecified atom stereocenters. The van der Waals surface area contributed by atoms with Crippen molar-refractivity contribution in [3.8, 4) is 0 Å². The van der Waals surface area contributed by atoms with E-state index in [2.05, 4.69) is 5.32 Å². The van der Waals surface area contributed by atoms with E-state index in [0.29, 0.717) is 0 Å². The predicted molar refractivity (Wildman–Crippen MR) is 77.6 cm³/mol. The van der Waals surface area contributed by atoms with Gasteiger partial charge in [-0.1, -0.05) is 30.3 Å². The Morgan fingerprint density at radius 3 is 2.90 bits per heavy atom. The highest BCUT2D eigenvalue weighted by Crippen LogP contribution is 2.31. The fraction of sp³-hybridized carbons (Fsp3) is 0.312. The van der Waals surface area contributed by atoms with Gasteiger partial charge in [-0.2, -0.15) is 0 Å². The van der Waals surface area contributed by atoms with E-state index in [1.807, 2.05) is 36.4 Å². The smallest absolute Gasteiger partial charge is 0.243 e. The van der Waals surface area contributed by atoms with Crippen molar-refractivity contribution in [2.75, 3.05) is 0 Å². The van der Waals surface area contributed by atoms with Gasteiger partial charge < -0.3 is 9.73 Å². The number of nitrogens with one attached hydrogen (secondary N) is 1. The van der Waals surface area contributed by atoms with E-state index >= 15 is 0 Å². The van der Waals surface area contributed by atoms with Gasteiger partial charge in [-0.3, -0.25) is 4.79 Å². The summed E-state index contributed by atoms with van der Waals surface area (Å²) in [6.07, 6.45) is 4.57. The van der Waals surface area contributed by atoms with Crippen molar-refractivity contribution in [1.82, 2.24) is 5.32 Å². The zero-order chi connectivity index (χ0) is 13.9. The molecule has 0 bridgehead atoms. The first-order valence-corrected chi connectivity index (χ1v) is 7.25. The van der Waals surface area contributed by atoms with E-state index in [1.54, 1.807) is 6.26 Å². The molecular formula is C16H16ClNO2. The number of carbonyl (C=O) groups excluding carboxylic acids is 1. The monoisotopic (exact) mass is 289 g/mol. The quantitative estimate of drug-likeness (QED) is 0.874. The molecule has 1 N–H and O–H groups in total. The van der Waals surface area contributed by atoms with Crippen LogP contribution in [0.15, 0.2) is 47.1 Å². The number of hydrogen-bond donors (Lipinski definition) is 1. The van der Waals surface area contributed by atoms with Crippen LogP contribution in [0.25, 0.3) is 0 Å². The molecule has 4 heteroatoms. The summed E-state index contributed by atoms with van der Waals surface area (Å²) in [4.78, 5) is 12.3. The molecule has 104 valence electrons. The number of amides is 1. The lowest BCUT2D eigenvalue weighted by Gasteiger charge is -2.24. The van der Waals surface area contributed by atoms with Crippen LogP contribution in [0.2, 0.25) is 0 Å². The lowest BCUT2D eigenvalue weighted by atomic mass is 9.93. The van der Waals surface area contributed by atoms with Crippen molar-refractivity contribution in [3.63, 3.8) is 0 Å². The Labute approximate surface area is 122 Å². The minimum Gasteiger partial charge on any atom is -0.469 e. The molecule has 1 heterocycles. The van der Waals surface area contributed by atoms with E-state index in [4.69, 9.17) is 16.0 Å². The molecule has 1 aromatic carbocycles. The second-order valence-electron chi connectivity index (χ2n) is 5.03. The molecule has 1 aromatic heterocycles. The highest BCUT2D eigenvalue weighted by molar-refractivity contribution is 6.30. The Morgan fingerprint density at radius 1 is 1.30 bits per heavy atom. The number of furan rings is 1. The van der Waals surface area contributed by atoms with Crippen LogP contribution in [0.1, 0.15) is 41.1 Å². The van der Waals surface area contributed by atoms with E-state index in [0.717, 1.165) is 36.1 Å². The van der Waals surface area contributed by atoms with Gasteiger partial charge in [0, 0.05) is 12.0 Å². The van der Waals surface area contributed by atoms with Crippen LogP contribution in [-0.2, 0) is 11.2 Å². The Bertz CT molecular complexity index is 594. The zero-order valence-corrected chi connectivity index (χ0v) is 11.8. The third kappa shape index (κ3) is 2.59. The van der Waals surface area contributed by atoms with Gasteiger partial charge in [-0.25, -0.2) is 0 Å². The van der Waals surface area contributed by atoms with Gasteiger partial charge in [-0.05, 0) is 24.5 Å². The lowest BCUT2D eigenvalue weighted by molar-refractivity contribution is -0.121. The van der Waals surface area contributed by atoms with Crippen LogP contribution in [-0.4, -0.2) is 5.91 Å². The van der Waals surface area contributed by atoms with Gasteiger partial charge >= 0.3 is 0 Å². The Kier molecular flexibility index (Phi) is 3.79. The number of alkyl halides is 1. The molecule has 1 aliphatic carbocycles. The third-order valence-electron chi connectivity index (χ3n) is 3.69. The van der Waals surface area contributed by atoms with Crippen molar-refractivity contribution >= 4 is 17.5 Å². The number of rotatable bonds is 3. The maximum absolute atomic E-state index is 12.3. The summed E-state index contributed by atoms with van der Waals surface area (Å²) in [5.41, 5.74) is 1.90. The van der Waals surface area contributed by atoms with Crippen LogP contribution >= 0.6 is 11.6 Å². The van der Waals surface area contributed by atoms with Crippen molar-refractivity contribution < 1.29 is 9.21 Å². The Hall–Kier alpha value is -1.74. The van der Waals surface area contributed by atoms with Crippen molar-refractivity contribution in [1.29, 1.82) is 0 Å². The molecule has 3 nitrogen and oxygen atoms in total. The molecule has 20 heavy (non-hydrogen) atoms.